The van der Waals surface area contributed by atoms with E-state index in [0.29, 0.717) is 34.6 Å². The van der Waals surface area contributed by atoms with Gasteiger partial charge in [-0.3, -0.25) is 9.78 Å². The molecule has 1 aliphatic heterocycles. The maximum atomic E-state index is 14.2. The van der Waals surface area contributed by atoms with Crippen molar-refractivity contribution in [3.8, 4) is 17.5 Å². The predicted molar refractivity (Wildman–Crippen MR) is 127 cm³/mol. The van der Waals surface area contributed by atoms with Gasteiger partial charge in [-0.25, -0.2) is 17.3 Å². The standard InChI is InChI=1S/C23H25FN6O4S/c1-23(2,32)21(24)12-27-22(31)17-11-26-19(8-18(17)29-15-5-6-35(33,34)13-15)20-4-3-16-7-14(9-25)10-28-30(16)20/h3-4,7-8,10-11,15,21,32H,5-6,12-13H2,1-2H3,(H,26,29)(H,27,31). The fourth-order valence-electron chi connectivity index (χ4n) is 3.81. The number of pyridine rings is 1. The van der Waals surface area contributed by atoms with E-state index in [4.69, 9.17) is 5.26 Å². The lowest BCUT2D eigenvalue weighted by Gasteiger charge is -2.23. The van der Waals surface area contributed by atoms with Gasteiger partial charge in [-0.15, -0.1) is 0 Å². The van der Waals surface area contributed by atoms with Crippen LogP contribution in [-0.4, -0.2) is 69.9 Å². The second-order valence-electron chi connectivity index (χ2n) is 9.10. The molecule has 3 N–H and O–H groups in total. The molecule has 2 unspecified atom stereocenters. The Morgan fingerprint density at radius 1 is 1.37 bits per heavy atom. The van der Waals surface area contributed by atoms with Crippen molar-refractivity contribution in [3.63, 3.8) is 0 Å². The number of sulfone groups is 1. The third kappa shape index (κ3) is 5.41. The summed E-state index contributed by atoms with van der Waals surface area (Å²) in [7, 11) is -3.17. The summed E-state index contributed by atoms with van der Waals surface area (Å²) in [5.41, 5.74) is 0.983. The van der Waals surface area contributed by atoms with Gasteiger partial charge >= 0.3 is 0 Å². The number of rotatable bonds is 7. The molecule has 1 aliphatic rings. The van der Waals surface area contributed by atoms with Gasteiger partial charge in [0, 0.05) is 12.2 Å². The van der Waals surface area contributed by atoms with Crippen molar-refractivity contribution < 1.29 is 22.7 Å². The number of nitrogens with zero attached hydrogens (tertiary/aromatic N) is 4. The maximum absolute atomic E-state index is 14.2. The van der Waals surface area contributed by atoms with E-state index < -0.39 is 40.1 Å². The van der Waals surface area contributed by atoms with Gasteiger partial charge in [0.15, 0.2) is 9.84 Å². The minimum absolute atomic E-state index is 0.0493. The number of nitrogens with one attached hydrogen (secondary N) is 2. The fraction of sp³-hybridized carbons (Fsp3) is 0.391. The van der Waals surface area contributed by atoms with Crippen LogP contribution in [0.4, 0.5) is 10.1 Å². The Kier molecular flexibility index (Phi) is 6.48. The van der Waals surface area contributed by atoms with E-state index in [0.717, 1.165) is 0 Å². The van der Waals surface area contributed by atoms with E-state index in [1.807, 2.05) is 6.07 Å². The number of aromatic nitrogens is 3. The largest absolute Gasteiger partial charge is 0.387 e. The molecule has 1 fully saturated rings. The molecule has 0 saturated carbocycles. The summed E-state index contributed by atoms with van der Waals surface area (Å²) >= 11 is 0. The van der Waals surface area contributed by atoms with Gasteiger partial charge in [0.2, 0.25) is 0 Å². The predicted octanol–water partition coefficient (Wildman–Crippen LogP) is 1.71. The average Bonchev–Trinajstić information content (AvgIpc) is 3.38. The quantitative estimate of drug-likeness (QED) is 0.444. The lowest BCUT2D eigenvalue weighted by Crippen LogP contribution is -2.42. The summed E-state index contributed by atoms with van der Waals surface area (Å²) in [6, 6.07) is 8.48. The van der Waals surface area contributed by atoms with Gasteiger partial charge in [-0.2, -0.15) is 10.4 Å². The van der Waals surface area contributed by atoms with Crippen molar-refractivity contribution in [1.82, 2.24) is 19.9 Å². The molecule has 3 aromatic rings. The number of nitriles is 1. The highest BCUT2D eigenvalue weighted by molar-refractivity contribution is 7.91. The molecule has 4 rings (SSSR count). The lowest BCUT2D eigenvalue weighted by molar-refractivity contribution is -0.00177. The van der Waals surface area contributed by atoms with Crippen molar-refractivity contribution in [2.24, 2.45) is 0 Å². The van der Waals surface area contributed by atoms with Crippen LogP contribution in [0.2, 0.25) is 0 Å². The zero-order valence-electron chi connectivity index (χ0n) is 19.2. The number of amides is 1. The third-order valence-electron chi connectivity index (χ3n) is 5.84. The van der Waals surface area contributed by atoms with E-state index in [9.17, 15) is 22.7 Å². The number of hydrogen-bond donors (Lipinski definition) is 3. The molecule has 1 amide bonds. The topological polar surface area (TPSA) is 149 Å². The number of carbonyl (C=O) groups is 1. The van der Waals surface area contributed by atoms with Crippen LogP contribution in [-0.2, 0) is 9.84 Å². The van der Waals surface area contributed by atoms with Gasteiger partial charge in [0.05, 0.1) is 63.6 Å². The van der Waals surface area contributed by atoms with Crippen molar-refractivity contribution in [2.75, 3.05) is 23.4 Å². The molecule has 0 aromatic carbocycles. The molecule has 0 spiro atoms. The number of hydrogen-bond acceptors (Lipinski definition) is 8. The second-order valence-corrected chi connectivity index (χ2v) is 11.3. The van der Waals surface area contributed by atoms with Gasteiger partial charge in [-0.1, -0.05) is 0 Å². The first-order chi connectivity index (χ1) is 16.5. The minimum atomic E-state index is -3.17. The zero-order valence-corrected chi connectivity index (χ0v) is 20.0. The van der Waals surface area contributed by atoms with Crippen LogP contribution in [0.5, 0.6) is 0 Å². The van der Waals surface area contributed by atoms with E-state index in [-0.39, 0.29) is 17.1 Å². The SMILES string of the molecule is CC(C)(O)C(F)CNC(=O)c1cnc(-c2ccc3cc(C#N)cnn23)cc1NC1CCS(=O)(=O)C1. The molecule has 10 nitrogen and oxygen atoms in total. The Balaban J connectivity index is 1.68. The Morgan fingerprint density at radius 2 is 2.14 bits per heavy atom. The van der Waals surface area contributed by atoms with Crippen molar-refractivity contribution >= 4 is 26.9 Å². The minimum Gasteiger partial charge on any atom is -0.387 e. The highest BCUT2D eigenvalue weighted by atomic mass is 32.2. The number of carbonyl (C=O) groups excluding carboxylic acids is 1. The summed E-state index contributed by atoms with van der Waals surface area (Å²) in [6.07, 6.45) is 1.46. The molecular formula is C23H25FN6O4S. The van der Waals surface area contributed by atoms with E-state index in [2.05, 4.69) is 20.7 Å². The highest BCUT2D eigenvalue weighted by Crippen LogP contribution is 2.27. The smallest absolute Gasteiger partial charge is 0.255 e. The third-order valence-corrected chi connectivity index (χ3v) is 7.61. The van der Waals surface area contributed by atoms with Gasteiger partial charge in [0.1, 0.15) is 12.2 Å². The van der Waals surface area contributed by atoms with E-state index >= 15 is 0 Å². The lowest BCUT2D eigenvalue weighted by atomic mass is 10.0. The summed E-state index contributed by atoms with van der Waals surface area (Å²) in [4.78, 5) is 17.3. The Hall–Kier alpha value is -3.56. The van der Waals surface area contributed by atoms with Crippen molar-refractivity contribution in [1.29, 1.82) is 5.26 Å². The van der Waals surface area contributed by atoms with Crippen LogP contribution in [0.3, 0.4) is 0 Å². The molecule has 0 bridgehead atoms. The fourth-order valence-corrected chi connectivity index (χ4v) is 5.48. The summed E-state index contributed by atoms with van der Waals surface area (Å²) < 4.78 is 39.6. The Bertz CT molecular complexity index is 1420. The Labute approximate surface area is 201 Å². The number of anilines is 1. The number of aliphatic hydroxyl groups is 1. The van der Waals surface area contributed by atoms with Crippen molar-refractivity contribution in [3.05, 3.63) is 47.8 Å². The molecule has 184 valence electrons. The number of fused-ring (bicyclic) bond motifs is 1. The monoisotopic (exact) mass is 500 g/mol. The molecule has 4 heterocycles. The summed E-state index contributed by atoms with van der Waals surface area (Å²) in [6.45, 7) is 2.21. The van der Waals surface area contributed by atoms with Crippen molar-refractivity contribution in [2.45, 2.75) is 38.1 Å². The Morgan fingerprint density at radius 3 is 2.80 bits per heavy atom. The first-order valence-corrected chi connectivity index (χ1v) is 12.8. The molecular weight excluding hydrogens is 475 g/mol. The van der Waals surface area contributed by atoms with Crippen LogP contribution < -0.4 is 10.6 Å². The highest BCUT2D eigenvalue weighted by Gasteiger charge is 2.30. The molecule has 0 radical (unpaired) electrons. The molecule has 1 saturated heterocycles. The van der Waals surface area contributed by atoms with E-state index in [1.54, 1.807) is 28.8 Å². The average molecular weight is 501 g/mol. The van der Waals surface area contributed by atoms with Gasteiger partial charge in [0.25, 0.3) is 5.91 Å². The van der Waals surface area contributed by atoms with E-state index in [1.165, 1.54) is 26.2 Å². The maximum Gasteiger partial charge on any atom is 0.255 e. The molecule has 3 aromatic heterocycles. The zero-order chi connectivity index (χ0) is 25.4. The molecule has 0 aliphatic carbocycles. The second kappa shape index (κ2) is 9.24. The normalized spacial score (nSPS) is 18.2. The van der Waals surface area contributed by atoms with Crippen LogP contribution in [0, 0.1) is 11.3 Å². The number of halogens is 1. The van der Waals surface area contributed by atoms with Crippen LogP contribution in [0.1, 0.15) is 36.2 Å². The summed E-state index contributed by atoms with van der Waals surface area (Å²) in [5.74, 6) is -0.631. The van der Waals surface area contributed by atoms with Crippen LogP contribution in [0.15, 0.2) is 36.7 Å². The summed E-state index contributed by atoms with van der Waals surface area (Å²) in [5, 5.41) is 28.8. The van der Waals surface area contributed by atoms with Gasteiger partial charge in [-0.05, 0) is 44.5 Å². The van der Waals surface area contributed by atoms with Crippen LogP contribution >= 0.6 is 0 Å². The molecule has 12 heteroatoms. The first kappa shape index (κ1) is 24.6. The van der Waals surface area contributed by atoms with Gasteiger partial charge < -0.3 is 15.7 Å². The molecule has 2 atom stereocenters. The first-order valence-electron chi connectivity index (χ1n) is 11.0. The van der Waals surface area contributed by atoms with Crippen LogP contribution in [0.25, 0.3) is 16.9 Å². The number of alkyl halides is 1. The molecule has 35 heavy (non-hydrogen) atoms.